The van der Waals surface area contributed by atoms with E-state index >= 15 is 0 Å². The van der Waals surface area contributed by atoms with E-state index < -0.39 is 5.97 Å². The summed E-state index contributed by atoms with van der Waals surface area (Å²) in [6, 6.07) is 10.7. The third kappa shape index (κ3) is 4.49. The first-order valence-corrected chi connectivity index (χ1v) is 8.75. The zero-order chi connectivity index (χ0) is 18.5. The van der Waals surface area contributed by atoms with Gasteiger partial charge in [-0.1, -0.05) is 29.8 Å². The van der Waals surface area contributed by atoms with E-state index in [4.69, 9.17) is 16.7 Å². The highest BCUT2D eigenvalue weighted by Crippen LogP contribution is 2.22. The van der Waals surface area contributed by atoms with E-state index in [0.717, 1.165) is 5.56 Å². The van der Waals surface area contributed by atoms with Crippen LogP contribution in [0.25, 0.3) is 0 Å². The van der Waals surface area contributed by atoms with Crippen molar-refractivity contribution < 1.29 is 14.7 Å². The van der Waals surface area contributed by atoms with Gasteiger partial charge in [0.25, 0.3) is 0 Å². The molecule has 2 heterocycles. The van der Waals surface area contributed by atoms with Crippen molar-refractivity contribution in [2.75, 3.05) is 23.3 Å². The lowest BCUT2D eigenvalue weighted by Gasteiger charge is -2.30. The molecule has 1 fully saturated rings. The summed E-state index contributed by atoms with van der Waals surface area (Å²) in [6.45, 7) is 1.26. The molecular formula is C18H19ClN4O3. The van der Waals surface area contributed by atoms with Gasteiger partial charge in [0.15, 0.2) is 11.6 Å². The van der Waals surface area contributed by atoms with Crippen molar-refractivity contribution in [2.45, 2.75) is 19.3 Å². The summed E-state index contributed by atoms with van der Waals surface area (Å²) >= 11 is 6.06. The number of nitrogens with one attached hydrogen (secondary N) is 1. The Morgan fingerprint density at radius 3 is 2.50 bits per heavy atom. The summed E-state index contributed by atoms with van der Waals surface area (Å²) in [5.41, 5.74) is 0.748. The number of benzene rings is 1. The van der Waals surface area contributed by atoms with Gasteiger partial charge in [0, 0.05) is 18.1 Å². The molecule has 0 bridgehead atoms. The Bertz CT molecular complexity index is 789. The van der Waals surface area contributed by atoms with E-state index in [1.807, 2.05) is 17.0 Å². The minimum atomic E-state index is -0.743. The van der Waals surface area contributed by atoms with Gasteiger partial charge >= 0.3 is 5.97 Å². The fraction of sp³-hybridized carbons (Fsp3) is 0.333. The molecule has 1 aliphatic rings. The van der Waals surface area contributed by atoms with Crippen LogP contribution in [0, 0.1) is 5.92 Å². The Morgan fingerprint density at radius 2 is 1.88 bits per heavy atom. The number of amides is 1. The number of anilines is 2. The number of piperidine rings is 1. The molecule has 1 aliphatic heterocycles. The van der Waals surface area contributed by atoms with Crippen LogP contribution in [0.5, 0.6) is 0 Å². The fourth-order valence-electron chi connectivity index (χ4n) is 2.92. The molecule has 0 unspecified atom stereocenters. The largest absolute Gasteiger partial charge is 0.481 e. The number of aliphatic carboxylic acids is 1. The van der Waals surface area contributed by atoms with Gasteiger partial charge in [0.05, 0.1) is 12.3 Å². The van der Waals surface area contributed by atoms with Gasteiger partial charge in [-0.3, -0.25) is 9.59 Å². The highest BCUT2D eigenvalue weighted by Gasteiger charge is 2.25. The predicted molar refractivity (Wildman–Crippen MR) is 98.4 cm³/mol. The number of carboxylic acid groups (broad SMARTS) is 1. The molecule has 0 radical (unpaired) electrons. The summed E-state index contributed by atoms with van der Waals surface area (Å²) in [7, 11) is 0. The minimum absolute atomic E-state index is 0.159. The Kier molecular flexibility index (Phi) is 5.68. The predicted octanol–water partition coefficient (Wildman–Crippen LogP) is 2.61. The van der Waals surface area contributed by atoms with Crippen molar-refractivity contribution in [1.29, 1.82) is 0 Å². The Balaban J connectivity index is 1.55. The molecular weight excluding hydrogens is 356 g/mol. The van der Waals surface area contributed by atoms with E-state index in [1.54, 1.807) is 24.3 Å². The molecule has 1 amide bonds. The van der Waals surface area contributed by atoms with Crippen LogP contribution < -0.4 is 10.2 Å². The third-order valence-corrected chi connectivity index (χ3v) is 4.76. The van der Waals surface area contributed by atoms with Gasteiger partial charge in [0.1, 0.15) is 0 Å². The molecule has 8 heteroatoms. The van der Waals surface area contributed by atoms with Crippen LogP contribution in [0.2, 0.25) is 5.02 Å². The topological polar surface area (TPSA) is 95.4 Å². The zero-order valence-electron chi connectivity index (χ0n) is 14.1. The van der Waals surface area contributed by atoms with Crippen molar-refractivity contribution in [3.63, 3.8) is 0 Å². The smallest absolute Gasteiger partial charge is 0.306 e. The molecule has 26 heavy (non-hydrogen) atoms. The highest BCUT2D eigenvalue weighted by atomic mass is 35.5. The lowest BCUT2D eigenvalue weighted by atomic mass is 9.97. The van der Waals surface area contributed by atoms with Crippen molar-refractivity contribution in [3.05, 3.63) is 47.0 Å². The molecule has 2 aromatic rings. The Hall–Kier alpha value is -2.67. The first kappa shape index (κ1) is 18.1. The maximum atomic E-state index is 12.1. The van der Waals surface area contributed by atoms with Crippen molar-refractivity contribution >= 4 is 35.1 Å². The second-order valence-corrected chi connectivity index (χ2v) is 6.60. The van der Waals surface area contributed by atoms with Crippen LogP contribution in [-0.4, -0.2) is 40.3 Å². The second-order valence-electron chi connectivity index (χ2n) is 6.19. The molecule has 0 aliphatic carbocycles. The molecule has 2 N–H and O–H groups in total. The van der Waals surface area contributed by atoms with E-state index in [2.05, 4.69) is 15.5 Å². The van der Waals surface area contributed by atoms with E-state index in [9.17, 15) is 9.59 Å². The summed E-state index contributed by atoms with van der Waals surface area (Å²) in [4.78, 5) is 25.1. The van der Waals surface area contributed by atoms with Gasteiger partial charge in [-0.15, -0.1) is 10.2 Å². The monoisotopic (exact) mass is 374 g/mol. The number of aromatic nitrogens is 2. The van der Waals surface area contributed by atoms with Crippen LogP contribution in [0.1, 0.15) is 18.4 Å². The summed E-state index contributed by atoms with van der Waals surface area (Å²) in [5, 5.41) is 20.5. The molecule has 1 aromatic carbocycles. The highest BCUT2D eigenvalue weighted by molar-refractivity contribution is 6.31. The van der Waals surface area contributed by atoms with Crippen LogP contribution in [0.15, 0.2) is 36.4 Å². The average Bonchev–Trinajstić information content (AvgIpc) is 2.64. The summed E-state index contributed by atoms with van der Waals surface area (Å²) < 4.78 is 0. The maximum Gasteiger partial charge on any atom is 0.306 e. The minimum Gasteiger partial charge on any atom is -0.481 e. The van der Waals surface area contributed by atoms with Crippen LogP contribution in [-0.2, 0) is 16.0 Å². The van der Waals surface area contributed by atoms with Crippen LogP contribution in [0.4, 0.5) is 11.6 Å². The maximum absolute atomic E-state index is 12.1. The fourth-order valence-corrected chi connectivity index (χ4v) is 3.12. The van der Waals surface area contributed by atoms with E-state index in [0.29, 0.717) is 42.6 Å². The summed E-state index contributed by atoms with van der Waals surface area (Å²) in [5.74, 6) is -0.207. The first-order valence-electron chi connectivity index (χ1n) is 8.37. The number of hydrogen-bond acceptors (Lipinski definition) is 5. The molecule has 1 saturated heterocycles. The lowest BCUT2D eigenvalue weighted by molar-refractivity contribution is -0.142. The quantitative estimate of drug-likeness (QED) is 0.835. The van der Waals surface area contributed by atoms with Crippen LogP contribution >= 0.6 is 11.6 Å². The molecule has 0 spiro atoms. The molecule has 7 nitrogen and oxygen atoms in total. The Morgan fingerprint density at radius 1 is 1.15 bits per heavy atom. The number of carbonyl (C=O) groups is 2. The molecule has 3 rings (SSSR count). The third-order valence-electron chi connectivity index (χ3n) is 4.39. The van der Waals surface area contributed by atoms with Gasteiger partial charge in [-0.05, 0) is 36.6 Å². The van der Waals surface area contributed by atoms with E-state index in [-0.39, 0.29) is 18.2 Å². The van der Waals surface area contributed by atoms with Crippen molar-refractivity contribution in [2.24, 2.45) is 5.92 Å². The molecule has 136 valence electrons. The summed E-state index contributed by atoms with van der Waals surface area (Å²) in [6.07, 6.45) is 1.34. The Labute approximate surface area is 156 Å². The van der Waals surface area contributed by atoms with Gasteiger partial charge < -0.3 is 15.3 Å². The number of carbonyl (C=O) groups excluding carboxylic acids is 1. The standard InChI is InChI=1S/C18H19ClN4O3/c19-14-4-2-1-3-13(14)11-17(24)20-15-5-6-16(22-21-15)23-9-7-12(8-10-23)18(25)26/h1-6,12H,7-11H2,(H,25,26)(H,20,21,24). The van der Waals surface area contributed by atoms with Gasteiger partial charge in [-0.2, -0.15) is 0 Å². The molecule has 0 atom stereocenters. The van der Waals surface area contributed by atoms with Crippen molar-refractivity contribution in [1.82, 2.24) is 10.2 Å². The normalized spacial score (nSPS) is 14.9. The average molecular weight is 375 g/mol. The number of carboxylic acids is 1. The zero-order valence-corrected chi connectivity index (χ0v) is 14.8. The lowest BCUT2D eigenvalue weighted by Crippen LogP contribution is -2.36. The number of hydrogen-bond donors (Lipinski definition) is 2. The van der Waals surface area contributed by atoms with E-state index in [1.165, 1.54) is 0 Å². The SMILES string of the molecule is O=C(Cc1ccccc1Cl)Nc1ccc(N2CCC(C(=O)O)CC2)nn1. The molecule has 0 saturated carbocycles. The number of rotatable bonds is 5. The number of nitrogens with zero attached hydrogens (tertiary/aromatic N) is 3. The number of halogens is 1. The van der Waals surface area contributed by atoms with Crippen molar-refractivity contribution in [3.8, 4) is 0 Å². The van der Waals surface area contributed by atoms with Gasteiger partial charge in [-0.25, -0.2) is 0 Å². The first-order chi connectivity index (χ1) is 12.5. The van der Waals surface area contributed by atoms with Crippen LogP contribution in [0.3, 0.4) is 0 Å². The second kappa shape index (κ2) is 8.14. The van der Waals surface area contributed by atoms with Gasteiger partial charge in [0.2, 0.25) is 5.91 Å². The molecule has 1 aromatic heterocycles.